The molecule has 7 heteroatoms. The number of nitrogens with zero attached hydrogens (tertiary/aromatic N) is 1. The average molecular weight is 295 g/mol. The Labute approximate surface area is 118 Å². The van der Waals surface area contributed by atoms with Gasteiger partial charge < -0.3 is 5.32 Å². The number of hydrogen-bond donors (Lipinski definition) is 1. The second-order valence-corrected chi connectivity index (χ2v) is 4.29. The van der Waals surface area contributed by atoms with E-state index in [-0.39, 0.29) is 22.0 Å². The first-order chi connectivity index (χ1) is 9.47. The molecule has 5 nitrogen and oxygen atoms in total. The van der Waals surface area contributed by atoms with Gasteiger partial charge in [0.15, 0.2) is 0 Å². The second kappa shape index (κ2) is 5.66. The zero-order valence-electron chi connectivity index (χ0n) is 9.97. The number of anilines is 1. The standard InChI is InChI=1S/C13H8ClFN2O3/c14-12-5-4-10(17(19)20)7-11(12)13(18)16-9-3-1-2-8(15)6-9/h1-7H,(H,16,18). The van der Waals surface area contributed by atoms with Crippen LogP contribution in [-0.4, -0.2) is 10.8 Å². The fourth-order valence-electron chi connectivity index (χ4n) is 1.57. The van der Waals surface area contributed by atoms with Gasteiger partial charge in [-0.2, -0.15) is 0 Å². The minimum atomic E-state index is -0.649. The van der Waals surface area contributed by atoms with E-state index in [1.54, 1.807) is 0 Å². The van der Waals surface area contributed by atoms with Crippen LogP contribution < -0.4 is 5.32 Å². The molecular weight excluding hydrogens is 287 g/mol. The van der Waals surface area contributed by atoms with E-state index in [0.29, 0.717) is 0 Å². The predicted molar refractivity (Wildman–Crippen MR) is 72.5 cm³/mol. The van der Waals surface area contributed by atoms with Crippen LogP contribution in [0.15, 0.2) is 42.5 Å². The Morgan fingerprint density at radius 3 is 2.65 bits per heavy atom. The van der Waals surface area contributed by atoms with Crippen molar-refractivity contribution in [2.24, 2.45) is 0 Å². The summed E-state index contributed by atoms with van der Waals surface area (Å²) in [6.07, 6.45) is 0. The average Bonchev–Trinajstić information content (AvgIpc) is 2.38. The van der Waals surface area contributed by atoms with Crippen molar-refractivity contribution < 1.29 is 14.1 Å². The highest BCUT2D eigenvalue weighted by Gasteiger charge is 2.16. The van der Waals surface area contributed by atoms with Crippen LogP contribution >= 0.6 is 11.6 Å². The lowest BCUT2D eigenvalue weighted by Crippen LogP contribution is -2.13. The van der Waals surface area contributed by atoms with Crippen molar-refractivity contribution >= 4 is 28.9 Å². The lowest BCUT2D eigenvalue weighted by molar-refractivity contribution is -0.384. The SMILES string of the molecule is O=C(Nc1cccc(F)c1)c1cc([N+](=O)[O-])ccc1Cl. The molecule has 2 aromatic carbocycles. The molecule has 2 aromatic rings. The minimum absolute atomic E-state index is 0.0508. The van der Waals surface area contributed by atoms with Gasteiger partial charge >= 0.3 is 0 Å². The van der Waals surface area contributed by atoms with Crippen LogP contribution in [0.3, 0.4) is 0 Å². The summed E-state index contributed by atoms with van der Waals surface area (Å²) in [7, 11) is 0. The third-order valence-electron chi connectivity index (χ3n) is 2.49. The second-order valence-electron chi connectivity index (χ2n) is 3.89. The van der Waals surface area contributed by atoms with E-state index >= 15 is 0 Å². The number of nitrogens with one attached hydrogen (secondary N) is 1. The maximum atomic E-state index is 13.0. The maximum absolute atomic E-state index is 13.0. The van der Waals surface area contributed by atoms with E-state index in [9.17, 15) is 19.3 Å². The number of halogens is 2. The number of hydrogen-bond acceptors (Lipinski definition) is 3. The summed E-state index contributed by atoms with van der Waals surface area (Å²) in [5.74, 6) is -1.16. The lowest BCUT2D eigenvalue weighted by Gasteiger charge is -2.06. The molecule has 102 valence electrons. The van der Waals surface area contributed by atoms with E-state index < -0.39 is 16.6 Å². The summed E-state index contributed by atoms with van der Waals surface area (Å²) in [4.78, 5) is 22.0. The van der Waals surface area contributed by atoms with Crippen LogP contribution in [0, 0.1) is 15.9 Å². The van der Waals surface area contributed by atoms with Crippen molar-refractivity contribution in [1.82, 2.24) is 0 Å². The van der Waals surface area contributed by atoms with E-state index in [0.717, 1.165) is 12.1 Å². The molecule has 0 saturated heterocycles. The monoisotopic (exact) mass is 294 g/mol. The third kappa shape index (κ3) is 3.10. The Morgan fingerprint density at radius 1 is 1.25 bits per heavy atom. The minimum Gasteiger partial charge on any atom is -0.322 e. The molecule has 0 heterocycles. The van der Waals surface area contributed by atoms with Gasteiger partial charge in [0.05, 0.1) is 15.5 Å². The Hall–Kier alpha value is -2.47. The summed E-state index contributed by atoms with van der Waals surface area (Å²) in [5.41, 5.74) is -0.0681. The fourth-order valence-corrected chi connectivity index (χ4v) is 1.77. The highest BCUT2D eigenvalue weighted by atomic mass is 35.5. The van der Waals surface area contributed by atoms with Crippen LogP contribution in [0.4, 0.5) is 15.8 Å². The molecule has 0 spiro atoms. The van der Waals surface area contributed by atoms with Crippen LogP contribution in [-0.2, 0) is 0 Å². The molecule has 2 rings (SSSR count). The summed E-state index contributed by atoms with van der Waals surface area (Å²) in [5, 5.41) is 13.2. The van der Waals surface area contributed by atoms with Gasteiger partial charge in [0.2, 0.25) is 0 Å². The lowest BCUT2D eigenvalue weighted by atomic mass is 10.2. The fraction of sp³-hybridized carbons (Fsp3) is 0. The zero-order valence-corrected chi connectivity index (χ0v) is 10.7. The van der Waals surface area contributed by atoms with E-state index in [1.165, 1.54) is 30.3 Å². The Bertz CT molecular complexity index is 691. The van der Waals surface area contributed by atoms with Crippen LogP contribution in [0.2, 0.25) is 5.02 Å². The van der Waals surface area contributed by atoms with Crippen LogP contribution in [0.25, 0.3) is 0 Å². The van der Waals surface area contributed by atoms with Gasteiger partial charge in [-0.25, -0.2) is 4.39 Å². The van der Waals surface area contributed by atoms with Crippen LogP contribution in [0.5, 0.6) is 0 Å². The predicted octanol–water partition coefficient (Wildman–Crippen LogP) is 3.64. The molecule has 0 aliphatic heterocycles. The van der Waals surface area contributed by atoms with Gasteiger partial charge in [-0.1, -0.05) is 17.7 Å². The number of carbonyl (C=O) groups excluding carboxylic acids is 1. The smallest absolute Gasteiger partial charge is 0.270 e. The van der Waals surface area contributed by atoms with Gasteiger partial charge in [-0.05, 0) is 24.3 Å². The molecule has 0 radical (unpaired) electrons. The third-order valence-corrected chi connectivity index (χ3v) is 2.82. The van der Waals surface area contributed by atoms with Crippen molar-refractivity contribution in [2.75, 3.05) is 5.32 Å². The van der Waals surface area contributed by atoms with Gasteiger partial charge in [0.25, 0.3) is 11.6 Å². The van der Waals surface area contributed by atoms with E-state index in [2.05, 4.69) is 5.32 Å². The molecule has 0 aromatic heterocycles. The molecule has 0 aliphatic carbocycles. The molecule has 0 bridgehead atoms. The molecule has 0 atom stereocenters. The van der Waals surface area contributed by atoms with Crippen molar-refractivity contribution in [1.29, 1.82) is 0 Å². The van der Waals surface area contributed by atoms with E-state index in [1.807, 2.05) is 0 Å². The molecular formula is C13H8ClFN2O3. The number of benzene rings is 2. The number of non-ortho nitro benzene ring substituents is 1. The molecule has 20 heavy (non-hydrogen) atoms. The van der Waals surface area contributed by atoms with Crippen molar-refractivity contribution in [3.8, 4) is 0 Å². The first-order valence-electron chi connectivity index (χ1n) is 5.48. The Morgan fingerprint density at radius 2 is 2.00 bits per heavy atom. The number of nitro benzene ring substituents is 1. The maximum Gasteiger partial charge on any atom is 0.270 e. The molecule has 0 aliphatic rings. The zero-order chi connectivity index (χ0) is 14.7. The first kappa shape index (κ1) is 14.0. The van der Waals surface area contributed by atoms with Crippen LogP contribution in [0.1, 0.15) is 10.4 Å². The molecule has 1 amide bonds. The highest BCUT2D eigenvalue weighted by molar-refractivity contribution is 6.34. The van der Waals surface area contributed by atoms with Gasteiger partial charge in [-0.3, -0.25) is 14.9 Å². The molecule has 1 N–H and O–H groups in total. The number of carbonyl (C=O) groups is 1. The highest BCUT2D eigenvalue weighted by Crippen LogP contribution is 2.23. The summed E-state index contributed by atoms with van der Waals surface area (Å²) < 4.78 is 13.0. The normalized spacial score (nSPS) is 10.1. The van der Waals surface area contributed by atoms with Gasteiger partial charge in [0, 0.05) is 17.8 Å². The number of amides is 1. The Kier molecular flexibility index (Phi) is 3.95. The summed E-state index contributed by atoms with van der Waals surface area (Å²) in [6, 6.07) is 8.81. The van der Waals surface area contributed by atoms with E-state index in [4.69, 9.17) is 11.6 Å². The Balaban J connectivity index is 2.29. The van der Waals surface area contributed by atoms with Crippen molar-refractivity contribution in [3.05, 3.63) is 69.0 Å². The van der Waals surface area contributed by atoms with Crippen molar-refractivity contribution in [3.63, 3.8) is 0 Å². The summed E-state index contributed by atoms with van der Waals surface area (Å²) in [6.45, 7) is 0. The number of nitro groups is 1. The molecule has 0 fully saturated rings. The summed E-state index contributed by atoms with van der Waals surface area (Å²) >= 11 is 5.84. The quantitative estimate of drug-likeness (QED) is 0.694. The van der Waals surface area contributed by atoms with Crippen molar-refractivity contribution in [2.45, 2.75) is 0 Å². The topological polar surface area (TPSA) is 72.2 Å². The van der Waals surface area contributed by atoms with Gasteiger partial charge in [-0.15, -0.1) is 0 Å². The largest absolute Gasteiger partial charge is 0.322 e. The van der Waals surface area contributed by atoms with Gasteiger partial charge in [0.1, 0.15) is 5.82 Å². The molecule has 0 unspecified atom stereocenters. The first-order valence-corrected chi connectivity index (χ1v) is 5.86. The molecule has 0 saturated carbocycles. The number of rotatable bonds is 3.